The van der Waals surface area contributed by atoms with Crippen molar-refractivity contribution in [1.29, 1.82) is 0 Å². The van der Waals surface area contributed by atoms with Crippen molar-refractivity contribution in [3.63, 3.8) is 0 Å². The number of nitrogens with zero attached hydrogens (tertiary/aromatic N) is 2. The first kappa shape index (κ1) is 17.4. The zero-order valence-electron chi connectivity index (χ0n) is 14.1. The molecule has 6 nitrogen and oxygen atoms in total. The molecule has 0 aliphatic carbocycles. The van der Waals surface area contributed by atoms with E-state index in [1.54, 1.807) is 23.5 Å². The highest BCUT2D eigenvalue weighted by molar-refractivity contribution is 7.09. The van der Waals surface area contributed by atoms with Crippen LogP contribution in [0.15, 0.2) is 35.7 Å². The Morgan fingerprint density at radius 1 is 1.44 bits per heavy atom. The normalized spacial score (nSPS) is 17.3. The summed E-state index contributed by atoms with van der Waals surface area (Å²) in [7, 11) is 0. The summed E-state index contributed by atoms with van der Waals surface area (Å²) in [4.78, 5) is 26.5. The standard InChI is InChI=1S/C18H21N3O3S/c1-13-4-2-8-20(12-13)16-7-6-14(10-17(16)21(23)24)18(22)19-11-15-5-3-9-25-15/h3,5-7,9-10,13H,2,4,8,11-12H2,1H3,(H,19,22)/t13-/m1/s1. The minimum Gasteiger partial charge on any atom is -0.366 e. The van der Waals surface area contributed by atoms with Crippen molar-refractivity contribution in [3.8, 4) is 0 Å². The van der Waals surface area contributed by atoms with E-state index in [0.717, 1.165) is 30.8 Å². The molecule has 0 unspecified atom stereocenters. The van der Waals surface area contributed by atoms with Crippen molar-refractivity contribution < 1.29 is 9.72 Å². The summed E-state index contributed by atoms with van der Waals surface area (Å²) < 4.78 is 0. The minimum atomic E-state index is -0.398. The number of hydrogen-bond donors (Lipinski definition) is 1. The number of carbonyl (C=O) groups excluding carboxylic acids is 1. The third kappa shape index (κ3) is 4.17. The van der Waals surface area contributed by atoms with Crippen molar-refractivity contribution in [2.24, 2.45) is 5.92 Å². The Morgan fingerprint density at radius 2 is 2.28 bits per heavy atom. The second kappa shape index (κ2) is 7.65. The van der Waals surface area contributed by atoms with Crippen molar-refractivity contribution in [2.45, 2.75) is 26.3 Å². The number of hydrogen-bond acceptors (Lipinski definition) is 5. The van der Waals surface area contributed by atoms with Crippen LogP contribution in [0.4, 0.5) is 11.4 Å². The number of piperidine rings is 1. The number of amides is 1. The molecule has 0 bridgehead atoms. The van der Waals surface area contributed by atoms with Crippen molar-refractivity contribution in [1.82, 2.24) is 5.32 Å². The van der Waals surface area contributed by atoms with E-state index in [0.29, 0.717) is 23.7 Å². The predicted molar refractivity (Wildman–Crippen MR) is 99.2 cm³/mol. The average molecular weight is 359 g/mol. The highest BCUT2D eigenvalue weighted by atomic mass is 32.1. The summed E-state index contributed by atoms with van der Waals surface area (Å²) in [6.45, 7) is 4.21. The lowest BCUT2D eigenvalue weighted by Gasteiger charge is -2.32. The molecule has 1 N–H and O–H groups in total. The maximum Gasteiger partial charge on any atom is 0.293 e. The summed E-state index contributed by atoms with van der Waals surface area (Å²) >= 11 is 1.56. The summed E-state index contributed by atoms with van der Waals surface area (Å²) in [5, 5.41) is 16.3. The average Bonchev–Trinajstić information content (AvgIpc) is 3.12. The van der Waals surface area contributed by atoms with Crippen LogP contribution in [0.5, 0.6) is 0 Å². The summed E-state index contributed by atoms with van der Waals surface area (Å²) in [5.41, 5.74) is 0.918. The van der Waals surface area contributed by atoms with Gasteiger partial charge in [-0.2, -0.15) is 0 Å². The van der Waals surface area contributed by atoms with E-state index < -0.39 is 4.92 Å². The molecule has 1 amide bonds. The molecule has 1 aromatic heterocycles. The van der Waals surface area contributed by atoms with Gasteiger partial charge in [-0.3, -0.25) is 14.9 Å². The van der Waals surface area contributed by atoms with Gasteiger partial charge in [0.05, 0.1) is 11.5 Å². The Balaban J connectivity index is 1.78. The Hall–Kier alpha value is -2.41. The fraction of sp³-hybridized carbons (Fsp3) is 0.389. The second-order valence-electron chi connectivity index (χ2n) is 6.42. The van der Waals surface area contributed by atoms with E-state index in [1.165, 1.54) is 6.07 Å². The van der Waals surface area contributed by atoms with Crippen molar-refractivity contribution >= 4 is 28.6 Å². The predicted octanol–water partition coefficient (Wildman–Crippen LogP) is 3.82. The van der Waals surface area contributed by atoms with Crippen LogP contribution in [0.25, 0.3) is 0 Å². The van der Waals surface area contributed by atoms with Gasteiger partial charge in [-0.25, -0.2) is 0 Å². The summed E-state index contributed by atoms with van der Waals surface area (Å²) in [6.07, 6.45) is 2.18. The van der Waals surface area contributed by atoms with Crippen LogP contribution in [-0.4, -0.2) is 23.9 Å². The van der Waals surface area contributed by atoms with Gasteiger partial charge in [-0.1, -0.05) is 13.0 Å². The first-order chi connectivity index (χ1) is 12.0. The molecule has 1 saturated heterocycles. The number of nitro groups is 1. The van der Waals surface area contributed by atoms with Crippen LogP contribution < -0.4 is 10.2 Å². The van der Waals surface area contributed by atoms with Crippen LogP contribution >= 0.6 is 11.3 Å². The number of anilines is 1. The van der Waals surface area contributed by atoms with Gasteiger partial charge in [0, 0.05) is 29.6 Å². The first-order valence-corrected chi connectivity index (χ1v) is 9.26. The molecule has 2 heterocycles. The first-order valence-electron chi connectivity index (χ1n) is 8.38. The third-order valence-electron chi connectivity index (χ3n) is 4.44. The smallest absolute Gasteiger partial charge is 0.293 e. The van der Waals surface area contributed by atoms with Gasteiger partial charge in [0.25, 0.3) is 11.6 Å². The monoisotopic (exact) mass is 359 g/mol. The van der Waals surface area contributed by atoms with Crippen LogP contribution in [0.1, 0.15) is 35.0 Å². The molecule has 2 aromatic rings. The molecule has 7 heteroatoms. The Morgan fingerprint density at radius 3 is 2.96 bits per heavy atom. The Kier molecular flexibility index (Phi) is 5.33. The fourth-order valence-electron chi connectivity index (χ4n) is 3.17. The number of carbonyl (C=O) groups is 1. The van der Waals surface area contributed by atoms with Gasteiger partial charge in [0.1, 0.15) is 5.69 Å². The molecule has 0 saturated carbocycles. The molecule has 1 aliphatic rings. The Bertz CT molecular complexity index is 761. The van der Waals surface area contributed by atoms with Gasteiger partial charge in [0.2, 0.25) is 0 Å². The largest absolute Gasteiger partial charge is 0.366 e. The van der Waals surface area contributed by atoms with Crippen LogP contribution in [0.2, 0.25) is 0 Å². The quantitative estimate of drug-likeness (QED) is 0.650. The maximum atomic E-state index is 12.3. The zero-order valence-corrected chi connectivity index (χ0v) is 14.9. The van der Waals surface area contributed by atoms with Crippen LogP contribution in [0, 0.1) is 16.0 Å². The van der Waals surface area contributed by atoms with E-state index in [9.17, 15) is 14.9 Å². The zero-order chi connectivity index (χ0) is 17.8. The number of benzene rings is 1. The van der Waals surface area contributed by atoms with Crippen molar-refractivity contribution in [2.75, 3.05) is 18.0 Å². The number of nitrogens with one attached hydrogen (secondary N) is 1. The molecule has 0 radical (unpaired) electrons. The van der Waals surface area contributed by atoms with Crippen LogP contribution in [-0.2, 0) is 6.54 Å². The highest BCUT2D eigenvalue weighted by Crippen LogP contribution is 2.32. The van der Waals surface area contributed by atoms with E-state index in [4.69, 9.17) is 0 Å². The molecule has 1 aliphatic heterocycles. The molecule has 1 fully saturated rings. The van der Waals surface area contributed by atoms with Gasteiger partial charge in [0.15, 0.2) is 0 Å². The molecule has 1 atom stereocenters. The molecular weight excluding hydrogens is 338 g/mol. The molecule has 25 heavy (non-hydrogen) atoms. The molecule has 3 rings (SSSR count). The highest BCUT2D eigenvalue weighted by Gasteiger charge is 2.25. The lowest BCUT2D eigenvalue weighted by Crippen LogP contribution is -2.34. The summed E-state index contributed by atoms with van der Waals surface area (Å²) in [6, 6.07) is 8.62. The number of rotatable bonds is 5. The fourth-order valence-corrected chi connectivity index (χ4v) is 3.81. The summed E-state index contributed by atoms with van der Waals surface area (Å²) in [5.74, 6) is 0.220. The van der Waals surface area contributed by atoms with E-state index in [2.05, 4.69) is 17.1 Å². The molecule has 0 spiro atoms. The molecule has 132 valence electrons. The van der Waals surface area contributed by atoms with Crippen molar-refractivity contribution in [3.05, 3.63) is 56.3 Å². The number of thiophene rings is 1. The van der Waals surface area contributed by atoms with E-state index in [1.807, 2.05) is 17.5 Å². The van der Waals surface area contributed by atoms with Gasteiger partial charge in [-0.05, 0) is 42.3 Å². The minimum absolute atomic E-state index is 0.00197. The van der Waals surface area contributed by atoms with E-state index in [-0.39, 0.29) is 11.6 Å². The number of nitro benzene ring substituents is 1. The maximum absolute atomic E-state index is 12.3. The van der Waals surface area contributed by atoms with E-state index >= 15 is 0 Å². The molecule has 1 aromatic carbocycles. The van der Waals surface area contributed by atoms with Gasteiger partial charge < -0.3 is 10.2 Å². The van der Waals surface area contributed by atoms with Gasteiger partial charge >= 0.3 is 0 Å². The third-order valence-corrected chi connectivity index (χ3v) is 5.31. The lowest BCUT2D eigenvalue weighted by molar-refractivity contribution is -0.384. The second-order valence-corrected chi connectivity index (χ2v) is 7.45. The topological polar surface area (TPSA) is 75.5 Å². The van der Waals surface area contributed by atoms with Crippen LogP contribution in [0.3, 0.4) is 0 Å². The Labute approximate surface area is 150 Å². The SMILES string of the molecule is C[C@@H]1CCCN(c2ccc(C(=O)NCc3cccs3)cc2[N+](=O)[O-])C1. The molecular formula is C18H21N3O3S. The lowest BCUT2D eigenvalue weighted by atomic mass is 9.99. The van der Waals surface area contributed by atoms with Gasteiger partial charge in [-0.15, -0.1) is 11.3 Å².